The van der Waals surface area contributed by atoms with E-state index in [9.17, 15) is 4.79 Å². The number of rotatable bonds is 6. The standard InChI is InChI=1S/C19H20BrN3O3/c1-23(10-12-8-17(26-3)14(20)9-16(12)25-2)11-18-21-15-7-5-4-6-13(15)19(24)22-18/h4-9H,10-11H2,1-3H3,(H,21,22,24). The van der Waals surface area contributed by atoms with Crippen LogP contribution in [0.5, 0.6) is 11.5 Å². The van der Waals surface area contributed by atoms with Crippen molar-refractivity contribution in [2.75, 3.05) is 21.3 Å². The Morgan fingerprint density at radius 2 is 1.85 bits per heavy atom. The van der Waals surface area contributed by atoms with Gasteiger partial charge in [0.15, 0.2) is 0 Å². The topological polar surface area (TPSA) is 67.5 Å². The maximum absolute atomic E-state index is 12.2. The number of hydrogen-bond donors (Lipinski definition) is 1. The Morgan fingerprint density at radius 3 is 2.58 bits per heavy atom. The summed E-state index contributed by atoms with van der Waals surface area (Å²) in [6.45, 7) is 1.12. The van der Waals surface area contributed by atoms with Crippen LogP contribution in [-0.4, -0.2) is 36.1 Å². The summed E-state index contributed by atoms with van der Waals surface area (Å²) in [6.07, 6.45) is 0. The minimum Gasteiger partial charge on any atom is -0.496 e. The van der Waals surface area contributed by atoms with E-state index in [1.165, 1.54) is 0 Å². The van der Waals surface area contributed by atoms with Gasteiger partial charge in [-0.25, -0.2) is 4.98 Å². The molecule has 2 aromatic carbocycles. The second kappa shape index (κ2) is 7.88. The van der Waals surface area contributed by atoms with Crippen molar-refractivity contribution in [3.63, 3.8) is 0 Å². The number of benzene rings is 2. The van der Waals surface area contributed by atoms with Crippen molar-refractivity contribution >= 4 is 26.8 Å². The van der Waals surface area contributed by atoms with E-state index in [1.807, 2.05) is 37.4 Å². The number of fused-ring (bicyclic) bond motifs is 1. The molecule has 0 radical (unpaired) electrons. The zero-order valence-electron chi connectivity index (χ0n) is 14.9. The Balaban J connectivity index is 1.83. The molecule has 7 heteroatoms. The summed E-state index contributed by atoms with van der Waals surface area (Å²) in [6, 6.07) is 11.2. The maximum Gasteiger partial charge on any atom is 0.258 e. The van der Waals surface area contributed by atoms with Crippen molar-refractivity contribution in [2.45, 2.75) is 13.1 Å². The van der Waals surface area contributed by atoms with E-state index in [4.69, 9.17) is 9.47 Å². The van der Waals surface area contributed by atoms with Gasteiger partial charge in [-0.05, 0) is 47.2 Å². The Labute approximate surface area is 159 Å². The molecule has 0 aliphatic carbocycles. The number of para-hydroxylation sites is 1. The number of methoxy groups -OCH3 is 2. The molecule has 0 unspecified atom stereocenters. The van der Waals surface area contributed by atoms with Crippen LogP contribution in [0.1, 0.15) is 11.4 Å². The molecule has 0 fully saturated rings. The lowest BCUT2D eigenvalue weighted by molar-refractivity contribution is 0.301. The molecule has 0 aliphatic rings. The van der Waals surface area contributed by atoms with Gasteiger partial charge in [0.05, 0.1) is 36.1 Å². The lowest BCUT2D eigenvalue weighted by Crippen LogP contribution is -2.22. The van der Waals surface area contributed by atoms with Crippen molar-refractivity contribution in [2.24, 2.45) is 0 Å². The molecule has 0 saturated heterocycles. The molecule has 0 amide bonds. The third-order valence-electron chi connectivity index (χ3n) is 4.08. The molecule has 0 atom stereocenters. The highest BCUT2D eigenvalue weighted by Gasteiger charge is 2.13. The zero-order chi connectivity index (χ0) is 18.7. The Kier molecular flexibility index (Phi) is 5.58. The lowest BCUT2D eigenvalue weighted by Gasteiger charge is -2.19. The number of aromatic nitrogens is 2. The van der Waals surface area contributed by atoms with E-state index in [0.29, 0.717) is 29.8 Å². The number of ether oxygens (including phenoxy) is 2. The van der Waals surface area contributed by atoms with Crippen molar-refractivity contribution in [1.29, 1.82) is 0 Å². The number of H-pyrrole nitrogens is 1. The van der Waals surface area contributed by atoms with Crippen LogP contribution in [0, 0.1) is 0 Å². The molecule has 3 rings (SSSR count). The molecule has 1 heterocycles. The number of nitrogens with zero attached hydrogens (tertiary/aromatic N) is 2. The minimum absolute atomic E-state index is 0.123. The second-order valence-corrected chi connectivity index (χ2v) is 6.85. The van der Waals surface area contributed by atoms with E-state index in [0.717, 1.165) is 21.5 Å². The highest BCUT2D eigenvalue weighted by molar-refractivity contribution is 9.10. The summed E-state index contributed by atoms with van der Waals surface area (Å²) in [4.78, 5) is 21.7. The van der Waals surface area contributed by atoms with Crippen molar-refractivity contribution in [3.05, 3.63) is 62.6 Å². The van der Waals surface area contributed by atoms with Crippen LogP contribution in [0.15, 0.2) is 45.7 Å². The fraction of sp³-hybridized carbons (Fsp3) is 0.263. The van der Waals surface area contributed by atoms with Crippen LogP contribution in [0.2, 0.25) is 0 Å². The van der Waals surface area contributed by atoms with Gasteiger partial charge in [-0.1, -0.05) is 12.1 Å². The van der Waals surface area contributed by atoms with Gasteiger partial charge >= 0.3 is 0 Å². The smallest absolute Gasteiger partial charge is 0.258 e. The molecule has 0 saturated carbocycles. The average molecular weight is 418 g/mol. The largest absolute Gasteiger partial charge is 0.496 e. The molecule has 26 heavy (non-hydrogen) atoms. The molecule has 136 valence electrons. The summed E-state index contributed by atoms with van der Waals surface area (Å²) >= 11 is 3.46. The number of halogens is 1. The normalized spacial score (nSPS) is 11.1. The predicted octanol–water partition coefficient (Wildman–Crippen LogP) is 3.33. The van der Waals surface area contributed by atoms with Gasteiger partial charge < -0.3 is 14.5 Å². The number of hydrogen-bond acceptors (Lipinski definition) is 5. The maximum atomic E-state index is 12.2. The monoisotopic (exact) mass is 417 g/mol. The zero-order valence-corrected chi connectivity index (χ0v) is 16.5. The van der Waals surface area contributed by atoms with E-state index >= 15 is 0 Å². The molecular formula is C19H20BrN3O3. The molecule has 1 N–H and O–H groups in total. The van der Waals surface area contributed by atoms with Gasteiger partial charge in [0.25, 0.3) is 5.56 Å². The molecule has 0 spiro atoms. The van der Waals surface area contributed by atoms with E-state index < -0.39 is 0 Å². The SMILES string of the molecule is COc1cc(CN(C)Cc2nc3ccccc3c(=O)[nH]2)c(OC)cc1Br. The van der Waals surface area contributed by atoms with Gasteiger partial charge in [0.2, 0.25) is 0 Å². The Morgan fingerprint density at radius 1 is 1.12 bits per heavy atom. The summed E-state index contributed by atoms with van der Waals surface area (Å²) in [5, 5.41) is 0.596. The molecule has 3 aromatic rings. The van der Waals surface area contributed by atoms with Gasteiger partial charge in [-0.2, -0.15) is 0 Å². The minimum atomic E-state index is -0.123. The third-order valence-corrected chi connectivity index (χ3v) is 4.70. The molecule has 6 nitrogen and oxygen atoms in total. The fourth-order valence-electron chi connectivity index (χ4n) is 2.86. The summed E-state index contributed by atoms with van der Waals surface area (Å²) in [5.74, 6) is 2.13. The van der Waals surface area contributed by atoms with Crippen LogP contribution in [0.4, 0.5) is 0 Å². The van der Waals surface area contributed by atoms with E-state index in [2.05, 4.69) is 30.8 Å². The van der Waals surface area contributed by atoms with Crippen LogP contribution in [0.25, 0.3) is 10.9 Å². The highest BCUT2D eigenvalue weighted by Crippen LogP contribution is 2.33. The van der Waals surface area contributed by atoms with Crippen molar-refractivity contribution in [3.8, 4) is 11.5 Å². The van der Waals surface area contributed by atoms with E-state index in [1.54, 1.807) is 20.3 Å². The molecule has 0 bridgehead atoms. The second-order valence-electron chi connectivity index (χ2n) is 6.00. The third kappa shape index (κ3) is 3.89. The molecule has 1 aromatic heterocycles. The van der Waals surface area contributed by atoms with Gasteiger partial charge in [-0.3, -0.25) is 9.69 Å². The number of nitrogens with one attached hydrogen (secondary N) is 1. The first-order valence-electron chi connectivity index (χ1n) is 8.08. The van der Waals surface area contributed by atoms with Gasteiger partial charge in [0.1, 0.15) is 17.3 Å². The van der Waals surface area contributed by atoms with Crippen molar-refractivity contribution in [1.82, 2.24) is 14.9 Å². The summed E-state index contributed by atoms with van der Waals surface area (Å²) < 4.78 is 11.7. The van der Waals surface area contributed by atoms with E-state index in [-0.39, 0.29) is 5.56 Å². The van der Waals surface area contributed by atoms with Crippen LogP contribution in [-0.2, 0) is 13.1 Å². The average Bonchev–Trinajstić information content (AvgIpc) is 2.62. The molecule has 0 aliphatic heterocycles. The number of aromatic amines is 1. The Hall–Kier alpha value is -2.38. The first kappa shape index (κ1) is 18.4. The quantitative estimate of drug-likeness (QED) is 0.665. The summed E-state index contributed by atoms with van der Waals surface area (Å²) in [7, 11) is 5.23. The van der Waals surface area contributed by atoms with Crippen LogP contribution < -0.4 is 15.0 Å². The van der Waals surface area contributed by atoms with Crippen molar-refractivity contribution < 1.29 is 9.47 Å². The van der Waals surface area contributed by atoms with Gasteiger partial charge in [-0.15, -0.1) is 0 Å². The molecular weight excluding hydrogens is 398 g/mol. The summed E-state index contributed by atoms with van der Waals surface area (Å²) in [5.41, 5.74) is 1.56. The Bertz CT molecular complexity index is 987. The lowest BCUT2D eigenvalue weighted by atomic mass is 10.1. The van der Waals surface area contributed by atoms with Gasteiger partial charge in [0, 0.05) is 12.1 Å². The predicted molar refractivity (Wildman–Crippen MR) is 105 cm³/mol. The van der Waals surface area contributed by atoms with Crippen LogP contribution >= 0.6 is 15.9 Å². The highest BCUT2D eigenvalue weighted by atomic mass is 79.9. The van der Waals surface area contributed by atoms with Crippen LogP contribution in [0.3, 0.4) is 0 Å². The fourth-order valence-corrected chi connectivity index (χ4v) is 3.34. The first-order chi connectivity index (χ1) is 12.5. The first-order valence-corrected chi connectivity index (χ1v) is 8.88.